The molecule has 4 heterocycles. The first-order valence-electron chi connectivity index (χ1n) is 12.4. The fraction of sp³-hybridized carbons (Fsp3) is 0.179. The van der Waals surface area contributed by atoms with E-state index in [4.69, 9.17) is 22.7 Å². The van der Waals surface area contributed by atoms with Crippen LogP contribution in [0.2, 0.25) is 0 Å². The molecule has 0 spiro atoms. The van der Waals surface area contributed by atoms with Gasteiger partial charge in [-0.25, -0.2) is 0 Å². The molecule has 2 atom stereocenters. The van der Waals surface area contributed by atoms with Crippen molar-refractivity contribution in [1.82, 2.24) is 20.4 Å². The van der Waals surface area contributed by atoms with Gasteiger partial charge in [-0.2, -0.15) is 0 Å². The maximum absolute atomic E-state index is 13.6. The lowest BCUT2D eigenvalue weighted by Crippen LogP contribution is -2.70. The molecule has 2 aliphatic rings. The van der Waals surface area contributed by atoms with Crippen LogP contribution in [0.1, 0.15) is 27.1 Å². The number of thioether (sulfide) groups is 1. The SMILES string of the molecule is Nc1nnc(C2=C(C(=S)OC(c3ccccc3)c3ccccc3)N3C(=O)[C@@H](NC(=O)Cc4cccs4)[C@H]3SC2)s1. The van der Waals surface area contributed by atoms with Crippen LogP contribution in [0.4, 0.5) is 5.13 Å². The summed E-state index contributed by atoms with van der Waals surface area (Å²) in [6.07, 6.45) is -0.261. The zero-order valence-electron chi connectivity index (χ0n) is 20.9. The molecule has 0 radical (unpaired) electrons. The van der Waals surface area contributed by atoms with Crippen LogP contribution < -0.4 is 11.1 Å². The first-order valence-corrected chi connectivity index (χ1v) is 15.5. The largest absolute Gasteiger partial charge is 0.469 e. The quantitative estimate of drug-likeness (QED) is 0.220. The minimum atomic E-state index is -0.657. The number of amides is 2. The summed E-state index contributed by atoms with van der Waals surface area (Å²) in [7, 11) is 0. The number of ether oxygens (including phenoxy) is 1. The molecule has 0 bridgehead atoms. The Hall–Kier alpha value is -3.58. The number of carbonyl (C=O) groups excluding carboxylic acids is 2. The standard InChI is InChI=1S/C28H23N5O3S4/c29-28-32-31-24(40-28)19-15-39-26-21(30-20(34)14-18-12-7-13-38-18)25(35)33(26)22(19)27(37)36-23(16-8-3-1-4-9-16)17-10-5-2-6-11-17/h1-13,21,23,26H,14-15H2,(H2,29,32)(H,30,34)/t21-,26-/m1/s1. The number of anilines is 1. The van der Waals surface area contributed by atoms with Gasteiger partial charge in [0.1, 0.15) is 28.2 Å². The highest BCUT2D eigenvalue weighted by Gasteiger charge is 2.54. The van der Waals surface area contributed by atoms with E-state index in [-0.39, 0.29) is 28.7 Å². The summed E-state index contributed by atoms with van der Waals surface area (Å²) in [5.74, 6) is 0.0607. The van der Waals surface area contributed by atoms with Crippen molar-refractivity contribution in [3.05, 3.63) is 105 Å². The van der Waals surface area contributed by atoms with Gasteiger partial charge < -0.3 is 15.8 Å². The number of thiocarbonyl (C=S) groups is 1. The summed E-state index contributed by atoms with van der Waals surface area (Å²) in [6, 6.07) is 22.7. The molecule has 1 fully saturated rings. The minimum absolute atomic E-state index is 0.170. The first kappa shape index (κ1) is 26.6. The highest BCUT2D eigenvalue weighted by molar-refractivity contribution is 8.00. The summed E-state index contributed by atoms with van der Waals surface area (Å²) >= 11 is 10.2. The number of nitrogens with zero attached hydrogens (tertiary/aromatic N) is 3. The van der Waals surface area contributed by atoms with Crippen molar-refractivity contribution in [2.45, 2.75) is 23.9 Å². The molecule has 202 valence electrons. The molecule has 2 aromatic heterocycles. The van der Waals surface area contributed by atoms with Crippen LogP contribution in [0.3, 0.4) is 0 Å². The van der Waals surface area contributed by atoms with Gasteiger partial charge in [-0.05, 0) is 34.8 Å². The number of thiophene rings is 1. The average molecular weight is 606 g/mol. The number of nitrogen functional groups attached to an aromatic ring is 1. The van der Waals surface area contributed by atoms with Crippen molar-refractivity contribution >= 4 is 74.2 Å². The molecule has 0 saturated carbocycles. The molecular formula is C28H23N5O3S4. The van der Waals surface area contributed by atoms with Gasteiger partial charge in [-0.1, -0.05) is 78.1 Å². The van der Waals surface area contributed by atoms with Gasteiger partial charge in [0.05, 0.1) is 6.42 Å². The van der Waals surface area contributed by atoms with E-state index in [1.54, 1.807) is 4.90 Å². The number of aromatic nitrogens is 2. The normalized spacial score (nSPS) is 18.3. The second-order valence-electron chi connectivity index (χ2n) is 9.09. The third-order valence-corrected chi connectivity index (χ3v) is 9.78. The Labute approximate surface area is 248 Å². The van der Waals surface area contributed by atoms with E-state index >= 15 is 0 Å². The van der Waals surface area contributed by atoms with Gasteiger partial charge in [-0.3, -0.25) is 14.5 Å². The van der Waals surface area contributed by atoms with Crippen molar-refractivity contribution in [2.75, 3.05) is 11.5 Å². The highest BCUT2D eigenvalue weighted by atomic mass is 32.2. The van der Waals surface area contributed by atoms with Gasteiger partial charge in [0.15, 0.2) is 0 Å². The first-order chi connectivity index (χ1) is 19.5. The van der Waals surface area contributed by atoms with E-state index in [9.17, 15) is 9.59 Å². The van der Waals surface area contributed by atoms with Gasteiger partial charge in [0.25, 0.3) is 5.91 Å². The number of hydrogen-bond acceptors (Lipinski definition) is 10. The average Bonchev–Trinajstić information content (AvgIpc) is 3.66. The second kappa shape index (κ2) is 11.5. The lowest BCUT2D eigenvalue weighted by molar-refractivity contribution is -0.145. The Balaban J connectivity index is 1.31. The van der Waals surface area contributed by atoms with Crippen molar-refractivity contribution in [2.24, 2.45) is 0 Å². The van der Waals surface area contributed by atoms with Crippen LogP contribution in [0, 0.1) is 0 Å². The third kappa shape index (κ3) is 5.27. The van der Waals surface area contributed by atoms with Crippen molar-refractivity contribution < 1.29 is 14.3 Å². The fourth-order valence-corrected chi connectivity index (χ4v) is 7.78. The number of carbonyl (C=O) groups is 2. The van der Waals surface area contributed by atoms with E-state index in [2.05, 4.69) is 15.5 Å². The second-order valence-corrected chi connectivity index (χ2v) is 12.6. The molecule has 8 nitrogen and oxygen atoms in total. The molecule has 2 amide bonds. The molecule has 0 aliphatic carbocycles. The van der Waals surface area contributed by atoms with Crippen LogP contribution in [-0.4, -0.2) is 49.1 Å². The molecular weight excluding hydrogens is 583 g/mol. The molecule has 40 heavy (non-hydrogen) atoms. The molecule has 0 unspecified atom stereocenters. The molecule has 2 aromatic carbocycles. The summed E-state index contributed by atoms with van der Waals surface area (Å²) in [6.45, 7) is 0. The van der Waals surface area contributed by atoms with Gasteiger partial charge in [-0.15, -0.1) is 33.3 Å². The fourth-order valence-electron chi connectivity index (χ4n) is 4.67. The molecule has 12 heteroatoms. The van der Waals surface area contributed by atoms with E-state index in [1.807, 2.05) is 78.2 Å². The lowest BCUT2D eigenvalue weighted by Gasteiger charge is -2.50. The number of β-lactam (4-membered cyclic amide) rings is 1. The van der Waals surface area contributed by atoms with Crippen LogP contribution >= 0.6 is 46.7 Å². The Morgan fingerprint density at radius 3 is 2.38 bits per heavy atom. The molecule has 3 N–H and O–H groups in total. The van der Waals surface area contributed by atoms with Gasteiger partial charge >= 0.3 is 0 Å². The summed E-state index contributed by atoms with van der Waals surface area (Å²) in [4.78, 5) is 28.8. The Kier molecular flexibility index (Phi) is 7.65. The Bertz CT molecular complexity index is 1530. The van der Waals surface area contributed by atoms with Crippen LogP contribution in [-0.2, 0) is 20.7 Å². The van der Waals surface area contributed by atoms with E-state index in [1.165, 1.54) is 34.4 Å². The van der Waals surface area contributed by atoms with E-state index in [0.717, 1.165) is 21.6 Å². The number of benzene rings is 2. The van der Waals surface area contributed by atoms with E-state index in [0.29, 0.717) is 21.6 Å². The van der Waals surface area contributed by atoms with Crippen molar-refractivity contribution in [3.63, 3.8) is 0 Å². The lowest BCUT2D eigenvalue weighted by atomic mass is 10.0. The Morgan fingerprint density at radius 2 is 1.77 bits per heavy atom. The zero-order valence-corrected chi connectivity index (χ0v) is 24.2. The Morgan fingerprint density at radius 1 is 1.07 bits per heavy atom. The maximum Gasteiger partial charge on any atom is 0.253 e. The smallest absolute Gasteiger partial charge is 0.253 e. The number of nitrogens with one attached hydrogen (secondary N) is 1. The maximum atomic E-state index is 13.6. The number of hydrogen-bond donors (Lipinski definition) is 2. The zero-order chi connectivity index (χ0) is 27.6. The van der Waals surface area contributed by atoms with Crippen LogP contribution in [0.15, 0.2) is 83.9 Å². The monoisotopic (exact) mass is 605 g/mol. The molecule has 2 aliphatic heterocycles. The molecule has 1 saturated heterocycles. The third-order valence-electron chi connectivity index (χ3n) is 6.52. The number of rotatable bonds is 8. The van der Waals surface area contributed by atoms with Crippen molar-refractivity contribution in [1.29, 1.82) is 0 Å². The van der Waals surface area contributed by atoms with Crippen LogP contribution in [0.25, 0.3) is 5.57 Å². The number of fused-ring (bicyclic) bond motifs is 1. The summed E-state index contributed by atoms with van der Waals surface area (Å²) in [5, 5.41) is 13.8. The van der Waals surface area contributed by atoms with E-state index < -0.39 is 12.1 Å². The van der Waals surface area contributed by atoms with Gasteiger partial charge in [0, 0.05) is 16.2 Å². The summed E-state index contributed by atoms with van der Waals surface area (Å²) < 4.78 is 6.52. The highest BCUT2D eigenvalue weighted by Crippen LogP contribution is 2.45. The predicted octanol–water partition coefficient (Wildman–Crippen LogP) is 4.67. The molecule has 4 aromatic rings. The predicted molar refractivity (Wildman–Crippen MR) is 163 cm³/mol. The summed E-state index contributed by atoms with van der Waals surface area (Å²) in [5.41, 5.74) is 8.95. The molecule has 6 rings (SSSR count). The minimum Gasteiger partial charge on any atom is -0.469 e. The topological polar surface area (TPSA) is 110 Å². The van der Waals surface area contributed by atoms with Gasteiger partial charge in [0.2, 0.25) is 16.1 Å². The number of nitrogens with two attached hydrogens (primary N) is 1. The van der Waals surface area contributed by atoms with Crippen LogP contribution in [0.5, 0.6) is 0 Å². The van der Waals surface area contributed by atoms with Crippen molar-refractivity contribution in [3.8, 4) is 0 Å².